The third-order valence-electron chi connectivity index (χ3n) is 6.31. The van der Waals surface area contributed by atoms with Crippen LogP contribution in [0.3, 0.4) is 0 Å². The summed E-state index contributed by atoms with van der Waals surface area (Å²) in [6, 6.07) is 14.8. The number of fused-ring (bicyclic) bond motifs is 2. The van der Waals surface area contributed by atoms with Crippen molar-refractivity contribution in [2.75, 3.05) is 32.7 Å². The van der Waals surface area contributed by atoms with Crippen molar-refractivity contribution >= 4 is 65.7 Å². The fraction of sp³-hybridized carbons (Fsp3) is 0.333. The molecule has 5 nitrogen and oxygen atoms in total. The summed E-state index contributed by atoms with van der Waals surface area (Å²) in [7, 11) is 0. The molecule has 1 N–H and O–H groups in total. The molecule has 2 aromatic carbocycles. The summed E-state index contributed by atoms with van der Waals surface area (Å²) in [4.78, 5) is 29.7. The van der Waals surface area contributed by atoms with E-state index in [0.29, 0.717) is 18.5 Å². The highest BCUT2D eigenvalue weighted by Crippen LogP contribution is 2.46. The van der Waals surface area contributed by atoms with Crippen LogP contribution in [-0.2, 0) is 11.3 Å². The highest BCUT2D eigenvalue weighted by atomic mass is 79.9. The lowest BCUT2D eigenvalue weighted by Crippen LogP contribution is -2.49. The number of Topliss-reactive ketones (excluding diaryl/α,β-unsaturated/α-hetero) is 1. The molecule has 1 aliphatic carbocycles. The van der Waals surface area contributed by atoms with E-state index in [1.165, 1.54) is 27.7 Å². The van der Waals surface area contributed by atoms with E-state index in [-0.39, 0.29) is 17.7 Å². The van der Waals surface area contributed by atoms with E-state index < -0.39 is 0 Å². The van der Waals surface area contributed by atoms with E-state index in [1.807, 2.05) is 0 Å². The summed E-state index contributed by atoms with van der Waals surface area (Å²) in [5.74, 6) is 0.0635. The van der Waals surface area contributed by atoms with Crippen LogP contribution in [0.2, 0.25) is 0 Å². The first kappa shape index (κ1) is 22.2. The number of carbonyl (C=O) groups is 2. The lowest BCUT2D eigenvalue weighted by Gasteiger charge is -2.34. The Balaban J connectivity index is 1.15. The van der Waals surface area contributed by atoms with Crippen molar-refractivity contribution in [2.24, 2.45) is 0 Å². The average molecular weight is 577 g/mol. The van der Waals surface area contributed by atoms with E-state index in [1.54, 1.807) is 0 Å². The number of nitrogens with zero attached hydrogens (tertiary/aromatic N) is 2. The van der Waals surface area contributed by atoms with Gasteiger partial charge < -0.3 is 5.32 Å². The van der Waals surface area contributed by atoms with Crippen LogP contribution in [0.4, 0.5) is 0 Å². The van der Waals surface area contributed by atoms with Gasteiger partial charge in [0, 0.05) is 50.3 Å². The molecule has 0 spiro atoms. The normalized spacial score (nSPS) is 19.4. The number of hydrogen-bond donors (Lipinski definition) is 1. The Hall–Kier alpha value is -1.58. The number of benzene rings is 2. The lowest BCUT2D eigenvalue weighted by atomic mass is 10.0. The van der Waals surface area contributed by atoms with Gasteiger partial charge in [-0.3, -0.25) is 19.4 Å². The minimum Gasteiger partial charge on any atom is -0.348 e. The first-order valence-corrected chi connectivity index (χ1v) is 13.1. The van der Waals surface area contributed by atoms with Crippen LogP contribution in [0.5, 0.6) is 0 Å². The zero-order chi connectivity index (χ0) is 22.2. The Morgan fingerprint density at radius 2 is 1.72 bits per heavy atom. The smallest absolute Gasteiger partial charge is 0.234 e. The van der Waals surface area contributed by atoms with Crippen LogP contribution in [-0.4, -0.2) is 54.2 Å². The van der Waals surface area contributed by atoms with Gasteiger partial charge in [0.15, 0.2) is 5.78 Å². The molecule has 166 valence electrons. The van der Waals surface area contributed by atoms with E-state index in [2.05, 4.69) is 89.4 Å². The highest BCUT2D eigenvalue weighted by Gasteiger charge is 2.36. The molecule has 1 atom stereocenters. The molecule has 1 saturated heterocycles. The Morgan fingerprint density at radius 3 is 2.53 bits per heavy atom. The molecule has 1 fully saturated rings. The minimum absolute atomic E-state index is 0.0209. The second-order valence-electron chi connectivity index (χ2n) is 8.38. The van der Waals surface area contributed by atoms with Crippen LogP contribution in [0.15, 0.2) is 50.0 Å². The summed E-state index contributed by atoms with van der Waals surface area (Å²) in [5.41, 5.74) is 2.98. The molecular weight excluding hydrogens is 554 g/mol. The van der Waals surface area contributed by atoms with Crippen LogP contribution >= 0.6 is 43.2 Å². The Bertz CT molecular complexity index is 1180. The van der Waals surface area contributed by atoms with Crippen molar-refractivity contribution in [3.8, 4) is 0 Å². The van der Waals surface area contributed by atoms with E-state index in [4.69, 9.17) is 0 Å². The number of ketones is 1. The summed E-state index contributed by atoms with van der Waals surface area (Å²) in [6.45, 7) is 4.89. The second-order valence-corrected chi connectivity index (χ2v) is 12.0. The van der Waals surface area contributed by atoms with Crippen molar-refractivity contribution in [1.29, 1.82) is 0 Å². The molecule has 8 heteroatoms. The number of piperazine rings is 1. The summed E-state index contributed by atoms with van der Waals surface area (Å²) in [6.07, 6.45) is 0.333. The Morgan fingerprint density at radius 1 is 1.00 bits per heavy atom. The van der Waals surface area contributed by atoms with Crippen LogP contribution in [0.1, 0.15) is 33.9 Å². The molecule has 1 amide bonds. The summed E-state index contributed by atoms with van der Waals surface area (Å²) in [5, 5.41) is 5.67. The molecule has 1 aromatic heterocycles. The molecule has 32 heavy (non-hydrogen) atoms. The molecule has 1 unspecified atom stereocenters. The maximum atomic E-state index is 12.7. The van der Waals surface area contributed by atoms with Gasteiger partial charge >= 0.3 is 0 Å². The third-order valence-corrected chi connectivity index (χ3v) is 8.89. The van der Waals surface area contributed by atoms with E-state index >= 15 is 0 Å². The van der Waals surface area contributed by atoms with Gasteiger partial charge in [0.25, 0.3) is 0 Å². The molecule has 2 aliphatic rings. The maximum absolute atomic E-state index is 12.7. The van der Waals surface area contributed by atoms with Gasteiger partial charge in [-0.15, -0.1) is 11.3 Å². The number of halogens is 2. The van der Waals surface area contributed by atoms with Crippen LogP contribution in [0, 0.1) is 0 Å². The van der Waals surface area contributed by atoms with Crippen molar-refractivity contribution in [3.05, 3.63) is 66.7 Å². The van der Waals surface area contributed by atoms with E-state index in [0.717, 1.165) is 45.9 Å². The van der Waals surface area contributed by atoms with Gasteiger partial charge in [-0.2, -0.15) is 0 Å². The third kappa shape index (κ3) is 4.43. The van der Waals surface area contributed by atoms with Gasteiger partial charge in [0.05, 0.1) is 20.2 Å². The quantitative estimate of drug-likeness (QED) is 0.465. The SMILES string of the molecule is O=C(CN1CCN(Cc2cccc3ccccc23)CC1)NC1CC(=O)c2c(Br)sc(Br)c21. The largest absolute Gasteiger partial charge is 0.348 e. The van der Waals surface area contributed by atoms with Crippen molar-refractivity contribution in [2.45, 2.75) is 19.0 Å². The fourth-order valence-electron chi connectivity index (χ4n) is 4.69. The van der Waals surface area contributed by atoms with Gasteiger partial charge in [0.2, 0.25) is 5.91 Å². The van der Waals surface area contributed by atoms with Crippen molar-refractivity contribution < 1.29 is 9.59 Å². The minimum atomic E-state index is -0.241. The summed E-state index contributed by atoms with van der Waals surface area (Å²) >= 11 is 8.50. The molecule has 3 aromatic rings. The topological polar surface area (TPSA) is 52.7 Å². The fourth-order valence-corrected chi connectivity index (χ4v) is 8.06. The molecule has 5 rings (SSSR count). The van der Waals surface area contributed by atoms with Gasteiger partial charge in [-0.25, -0.2) is 0 Å². The average Bonchev–Trinajstić information content (AvgIpc) is 3.27. The monoisotopic (exact) mass is 575 g/mol. The standard InChI is InChI=1S/C24H23Br2N3O2S/c25-23-21-18(12-19(30)22(21)24(26)32-23)27-20(31)14-29-10-8-28(9-11-29)13-16-6-3-5-15-4-1-2-7-17(15)16/h1-7,18H,8-14H2,(H,27,31). The van der Waals surface area contributed by atoms with Gasteiger partial charge in [-0.1, -0.05) is 42.5 Å². The van der Waals surface area contributed by atoms with E-state index in [9.17, 15) is 9.59 Å². The van der Waals surface area contributed by atoms with Crippen molar-refractivity contribution in [1.82, 2.24) is 15.1 Å². The van der Waals surface area contributed by atoms with Crippen molar-refractivity contribution in [3.63, 3.8) is 0 Å². The molecule has 0 saturated carbocycles. The Kier molecular flexibility index (Phi) is 6.49. The van der Waals surface area contributed by atoms with Crippen LogP contribution in [0.25, 0.3) is 10.8 Å². The zero-order valence-corrected chi connectivity index (χ0v) is 21.4. The molecule has 0 bridgehead atoms. The van der Waals surface area contributed by atoms with Gasteiger partial charge in [0.1, 0.15) is 0 Å². The number of carbonyl (C=O) groups excluding carboxylic acids is 2. The predicted octanol–water partition coefficient (Wildman–Crippen LogP) is 4.99. The number of hydrogen-bond acceptors (Lipinski definition) is 5. The molecule has 2 heterocycles. The predicted molar refractivity (Wildman–Crippen MR) is 135 cm³/mol. The first-order valence-electron chi connectivity index (χ1n) is 10.7. The molecule has 0 radical (unpaired) electrons. The maximum Gasteiger partial charge on any atom is 0.234 e. The lowest BCUT2D eigenvalue weighted by molar-refractivity contribution is -0.123. The second kappa shape index (κ2) is 9.35. The Labute approximate surface area is 208 Å². The number of nitrogens with one attached hydrogen (secondary N) is 1. The number of thiophene rings is 1. The molecular formula is C24H23Br2N3O2S. The zero-order valence-electron chi connectivity index (χ0n) is 17.4. The number of rotatable bonds is 5. The van der Waals surface area contributed by atoms with Crippen LogP contribution < -0.4 is 5.32 Å². The van der Waals surface area contributed by atoms with Gasteiger partial charge in [-0.05, 0) is 48.2 Å². The summed E-state index contributed by atoms with van der Waals surface area (Å²) < 4.78 is 1.75. The highest BCUT2D eigenvalue weighted by molar-refractivity contribution is 9.12. The number of amides is 1. The first-order chi connectivity index (χ1) is 15.5. The molecule has 1 aliphatic heterocycles.